The van der Waals surface area contributed by atoms with Crippen LogP contribution in [0.1, 0.15) is 47.0 Å². The summed E-state index contributed by atoms with van der Waals surface area (Å²) in [7, 11) is 0. The molecule has 0 N–H and O–H groups in total. The number of hydrogen-bond acceptors (Lipinski definition) is 1. The molecule has 2 aliphatic rings. The molecule has 0 aromatic rings. The molecule has 1 saturated carbocycles. The van der Waals surface area contributed by atoms with E-state index in [0.717, 1.165) is 19.3 Å². The van der Waals surface area contributed by atoms with Crippen LogP contribution in [0.2, 0.25) is 0 Å². The molecule has 0 aromatic carbocycles. The van der Waals surface area contributed by atoms with E-state index in [1.165, 1.54) is 11.1 Å². The quantitative estimate of drug-likeness (QED) is 0.656. The Labute approximate surface area is 98.6 Å². The highest BCUT2D eigenvalue weighted by Crippen LogP contribution is 2.64. The number of carbonyl (C=O) groups excluding carboxylic acids is 1. The largest absolute Gasteiger partial charge is 0.295 e. The smallest absolute Gasteiger partial charge is 0.159 e. The summed E-state index contributed by atoms with van der Waals surface area (Å²) in [5, 5.41) is 0. The Morgan fingerprint density at radius 1 is 1.38 bits per heavy atom. The van der Waals surface area contributed by atoms with E-state index < -0.39 is 0 Å². The van der Waals surface area contributed by atoms with Gasteiger partial charge in [-0.2, -0.15) is 0 Å². The molecule has 88 valence electrons. The molecular formula is C15H22O. The fraction of sp³-hybridized carbons (Fsp3) is 0.667. The predicted molar refractivity (Wildman–Crippen MR) is 67.1 cm³/mol. The van der Waals surface area contributed by atoms with Gasteiger partial charge in [-0.1, -0.05) is 31.6 Å². The first-order valence-electron chi connectivity index (χ1n) is 6.34. The van der Waals surface area contributed by atoms with Crippen LogP contribution in [0, 0.1) is 17.3 Å². The van der Waals surface area contributed by atoms with Crippen molar-refractivity contribution in [3.8, 4) is 0 Å². The van der Waals surface area contributed by atoms with Crippen molar-refractivity contribution < 1.29 is 4.79 Å². The minimum Gasteiger partial charge on any atom is -0.295 e. The van der Waals surface area contributed by atoms with Gasteiger partial charge in [-0.25, -0.2) is 0 Å². The number of rotatable bonds is 3. The van der Waals surface area contributed by atoms with E-state index in [2.05, 4.69) is 39.8 Å². The highest BCUT2D eigenvalue weighted by atomic mass is 16.1. The Kier molecular flexibility index (Phi) is 2.81. The van der Waals surface area contributed by atoms with Gasteiger partial charge in [0.15, 0.2) is 5.78 Å². The maximum Gasteiger partial charge on any atom is 0.159 e. The second kappa shape index (κ2) is 3.87. The van der Waals surface area contributed by atoms with E-state index in [0.29, 0.717) is 23.0 Å². The molecule has 0 spiro atoms. The van der Waals surface area contributed by atoms with Crippen molar-refractivity contribution in [2.45, 2.75) is 47.0 Å². The van der Waals surface area contributed by atoms with Crippen LogP contribution in [-0.2, 0) is 4.79 Å². The van der Waals surface area contributed by atoms with Crippen molar-refractivity contribution >= 4 is 5.78 Å². The maximum atomic E-state index is 11.9. The van der Waals surface area contributed by atoms with Crippen molar-refractivity contribution in [3.63, 3.8) is 0 Å². The summed E-state index contributed by atoms with van der Waals surface area (Å²) in [4.78, 5) is 11.9. The number of carbonyl (C=O) groups is 1. The van der Waals surface area contributed by atoms with Crippen LogP contribution in [-0.4, -0.2) is 5.78 Å². The van der Waals surface area contributed by atoms with E-state index in [-0.39, 0.29) is 0 Å². The zero-order valence-corrected chi connectivity index (χ0v) is 10.8. The van der Waals surface area contributed by atoms with Gasteiger partial charge in [0.2, 0.25) is 0 Å². The van der Waals surface area contributed by atoms with Crippen LogP contribution >= 0.6 is 0 Å². The van der Waals surface area contributed by atoms with E-state index in [1.807, 2.05) is 0 Å². The highest BCUT2D eigenvalue weighted by molar-refractivity contribution is 5.99. The van der Waals surface area contributed by atoms with Crippen LogP contribution in [0.3, 0.4) is 0 Å². The number of hydrogen-bond donors (Lipinski definition) is 0. The minimum absolute atomic E-state index is 0.329. The first kappa shape index (κ1) is 11.6. The Bertz CT molecular complexity index is 371. The SMILES string of the molecule is CC=CC[C@@H]1[C@H](C2=C(C)CCC2=O)C1(C)C. The average molecular weight is 218 g/mol. The molecule has 1 fully saturated rings. The summed E-state index contributed by atoms with van der Waals surface area (Å²) in [5.41, 5.74) is 2.86. The minimum atomic E-state index is 0.329. The molecular weight excluding hydrogens is 196 g/mol. The summed E-state index contributed by atoms with van der Waals surface area (Å²) >= 11 is 0. The first-order valence-corrected chi connectivity index (χ1v) is 6.34. The Morgan fingerprint density at radius 2 is 2.06 bits per heavy atom. The lowest BCUT2D eigenvalue weighted by atomic mass is 10.00. The number of ketones is 1. The molecule has 0 aliphatic heterocycles. The van der Waals surface area contributed by atoms with E-state index in [9.17, 15) is 4.79 Å². The van der Waals surface area contributed by atoms with E-state index >= 15 is 0 Å². The van der Waals surface area contributed by atoms with Crippen LogP contribution in [0.4, 0.5) is 0 Å². The van der Waals surface area contributed by atoms with Crippen molar-refractivity contribution in [1.29, 1.82) is 0 Å². The summed E-state index contributed by atoms with van der Waals surface area (Å²) in [6, 6.07) is 0. The summed E-state index contributed by atoms with van der Waals surface area (Å²) < 4.78 is 0. The summed E-state index contributed by atoms with van der Waals surface area (Å²) in [6.45, 7) is 8.81. The van der Waals surface area contributed by atoms with Crippen molar-refractivity contribution in [1.82, 2.24) is 0 Å². The third-order valence-corrected chi connectivity index (χ3v) is 4.47. The van der Waals surface area contributed by atoms with Crippen molar-refractivity contribution in [2.24, 2.45) is 17.3 Å². The van der Waals surface area contributed by atoms with Gasteiger partial charge >= 0.3 is 0 Å². The molecule has 1 nitrogen and oxygen atoms in total. The van der Waals surface area contributed by atoms with Crippen molar-refractivity contribution in [3.05, 3.63) is 23.3 Å². The predicted octanol–water partition coefficient (Wildman–Crippen LogP) is 3.90. The van der Waals surface area contributed by atoms with E-state index in [1.54, 1.807) is 0 Å². The third kappa shape index (κ3) is 1.66. The van der Waals surface area contributed by atoms with E-state index in [4.69, 9.17) is 0 Å². The monoisotopic (exact) mass is 218 g/mol. The zero-order chi connectivity index (χ0) is 11.9. The number of Topliss-reactive ketones (excluding diaryl/α,β-unsaturated/α-hetero) is 1. The highest BCUT2D eigenvalue weighted by Gasteiger charge is 2.59. The molecule has 2 atom stereocenters. The standard InChI is InChI=1S/C15H22O/c1-5-6-7-11-14(15(11,3)4)13-10(2)8-9-12(13)16/h5-6,11,14H,7-9H2,1-4H3/t11-,14-/m1/s1. The normalized spacial score (nSPS) is 32.9. The zero-order valence-electron chi connectivity index (χ0n) is 10.8. The summed E-state index contributed by atoms with van der Waals surface area (Å²) in [5.74, 6) is 1.62. The van der Waals surface area contributed by atoms with Gasteiger partial charge < -0.3 is 0 Å². The van der Waals surface area contributed by atoms with Crippen molar-refractivity contribution in [2.75, 3.05) is 0 Å². The van der Waals surface area contributed by atoms with Crippen LogP contribution in [0.25, 0.3) is 0 Å². The molecule has 0 amide bonds. The fourth-order valence-corrected chi connectivity index (χ4v) is 3.29. The fourth-order valence-electron chi connectivity index (χ4n) is 3.29. The Hall–Kier alpha value is -0.850. The molecule has 0 bridgehead atoms. The maximum absolute atomic E-state index is 11.9. The van der Waals surface area contributed by atoms with Gasteiger partial charge in [-0.05, 0) is 49.5 Å². The molecule has 0 aromatic heterocycles. The lowest BCUT2D eigenvalue weighted by Crippen LogP contribution is -2.02. The molecule has 2 aliphatic carbocycles. The summed E-state index contributed by atoms with van der Waals surface area (Å²) in [6.07, 6.45) is 7.23. The topological polar surface area (TPSA) is 17.1 Å². The second-order valence-electron chi connectivity index (χ2n) is 5.83. The lowest BCUT2D eigenvalue weighted by molar-refractivity contribution is -0.115. The van der Waals surface area contributed by atoms with Gasteiger partial charge in [0, 0.05) is 6.42 Å². The van der Waals surface area contributed by atoms with Gasteiger partial charge in [0.05, 0.1) is 0 Å². The molecule has 0 heterocycles. The molecule has 2 rings (SSSR count). The molecule has 16 heavy (non-hydrogen) atoms. The average Bonchev–Trinajstić information content (AvgIpc) is 2.57. The third-order valence-electron chi connectivity index (χ3n) is 4.47. The molecule has 0 saturated heterocycles. The molecule has 1 heteroatoms. The van der Waals surface area contributed by atoms with Crippen LogP contribution < -0.4 is 0 Å². The Morgan fingerprint density at radius 3 is 2.56 bits per heavy atom. The molecule has 0 radical (unpaired) electrons. The first-order chi connectivity index (χ1) is 7.50. The van der Waals surface area contributed by atoms with Gasteiger partial charge in [0.1, 0.15) is 0 Å². The van der Waals surface area contributed by atoms with Crippen LogP contribution in [0.5, 0.6) is 0 Å². The van der Waals surface area contributed by atoms with Gasteiger partial charge in [-0.15, -0.1) is 0 Å². The lowest BCUT2D eigenvalue weighted by Gasteiger charge is -2.04. The second-order valence-corrected chi connectivity index (χ2v) is 5.83. The number of allylic oxidation sites excluding steroid dienone is 4. The Balaban J connectivity index is 2.18. The van der Waals surface area contributed by atoms with Gasteiger partial charge in [-0.3, -0.25) is 4.79 Å². The molecule has 0 unspecified atom stereocenters. The van der Waals surface area contributed by atoms with Gasteiger partial charge in [0.25, 0.3) is 0 Å². The van der Waals surface area contributed by atoms with Crippen LogP contribution in [0.15, 0.2) is 23.3 Å².